The lowest BCUT2D eigenvalue weighted by Gasteiger charge is -2.06. The standard InChI is InChI=1S/C16H12N4OS2/c1-10-3-2-5-20-13(21)7-11(19-14(10)20)8-23-16-12-4-6-22-15(12)17-9-18-16/h2-7,9H,8H2,1H3. The Morgan fingerprint density at radius 2 is 2.22 bits per heavy atom. The fraction of sp³-hybridized carbons (Fsp3) is 0.125. The monoisotopic (exact) mass is 340 g/mol. The number of nitrogens with zero attached hydrogens (tertiary/aromatic N) is 4. The quantitative estimate of drug-likeness (QED) is 0.423. The summed E-state index contributed by atoms with van der Waals surface area (Å²) >= 11 is 3.17. The minimum absolute atomic E-state index is 0.0577. The Kier molecular flexibility index (Phi) is 3.59. The van der Waals surface area contributed by atoms with Gasteiger partial charge in [0.05, 0.1) is 5.69 Å². The lowest BCUT2D eigenvalue weighted by molar-refractivity contribution is 0.999. The first-order valence-corrected chi connectivity index (χ1v) is 8.88. The zero-order chi connectivity index (χ0) is 15.8. The Hall–Kier alpha value is -2.25. The summed E-state index contributed by atoms with van der Waals surface area (Å²) in [4.78, 5) is 26.4. The van der Waals surface area contributed by atoms with Crippen LogP contribution in [-0.4, -0.2) is 19.4 Å². The van der Waals surface area contributed by atoms with Gasteiger partial charge in [0.2, 0.25) is 0 Å². The Balaban J connectivity index is 1.69. The summed E-state index contributed by atoms with van der Waals surface area (Å²) in [5.41, 5.74) is 2.40. The van der Waals surface area contributed by atoms with Gasteiger partial charge in [-0.05, 0) is 30.0 Å². The lowest BCUT2D eigenvalue weighted by atomic mass is 10.3. The van der Waals surface area contributed by atoms with Crippen molar-refractivity contribution in [1.82, 2.24) is 19.4 Å². The molecule has 4 rings (SSSR count). The average molecular weight is 340 g/mol. The van der Waals surface area contributed by atoms with Crippen molar-refractivity contribution in [3.63, 3.8) is 0 Å². The van der Waals surface area contributed by atoms with Crippen LogP contribution in [0.3, 0.4) is 0 Å². The molecule has 0 spiro atoms. The molecule has 4 heterocycles. The van der Waals surface area contributed by atoms with Gasteiger partial charge in [-0.3, -0.25) is 9.20 Å². The molecule has 0 aliphatic rings. The molecule has 7 heteroatoms. The Morgan fingerprint density at radius 3 is 3.13 bits per heavy atom. The molecular formula is C16H12N4OS2. The summed E-state index contributed by atoms with van der Waals surface area (Å²) in [5, 5.41) is 3.98. The zero-order valence-electron chi connectivity index (χ0n) is 12.3. The second-order valence-corrected chi connectivity index (χ2v) is 6.94. The van der Waals surface area contributed by atoms with E-state index in [1.54, 1.807) is 46.1 Å². The highest BCUT2D eigenvalue weighted by Crippen LogP contribution is 2.29. The van der Waals surface area contributed by atoms with Gasteiger partial charge in [0.25, 0.3) is 5.56 Å². The maximum absolute atomic E-state index is 12.2. The van der Waals surface area contributed by atoms with Crippen LogP contribution in [0.1, 0.15) is 11.3 Å². The normalized spacial score (nSPS) is 11.3. The number of hydrogen-bond donors (Lipinski definition) is 0. The van der Waals surface area contributed by atoms with Crippen LogP contribution in [0.2, 0.25) is 0 Å². The van der Waals surface area contributed by atoms with E-state index in [0.717, 1.165) is 26.5 Å². The highest BCUT2D eigenvalue weighted by atomic mass is 32.2. The molecule has 23 heavy (non-hydrogen) atoms. The number of aryl methyl sites for hydroxylation is 1. The van der Waals surface area contributed by atoms with Crippen LogP contribution in [0.25, 0.3) is 15.9 Å². The molecule has 5 nitrogen and oxygen atoms in total. The van der Waals surface area contributed by atoms with Gasteiger partial charge in [-0.2, -0.15) is 0 Å². The van der Waals surface area contributed by atoms with E-state index in [9.17, 15) is 4.79 Å². The molecule has 0 atom stereocenters. The lowest BCUT2D eigenvalue weighted by Crippen LogP contribution is -2.15. The number of aromatic nitrogens is 4. The molecule has 114 valence electrons. The van der Waals surface area contributed by atoms with Gasteiger partial charge in [0.1, 0.15) is 21.8 Å². The fourth-order valence-corrected chi connectivity index (χ4v) is 4.08. The number of pyridine rings is 1. The number of thiophene rings is 1. The van der Waals surface area contributed by atoms with E-state index in [-0.39, 0.29) is 5.56 Å². The van der Waals surface area contributed by atoms with Crippen molar-refractivity contribution < 1.29 is 0 Å². The molecule has 0 aromatic carbocycles. The molecular weight excluding hydrogens is 328 g/mol. The maximum Gasteiger partial charge on any atom is 0.258 e. The van der Waals surface area contributed by atoms with E-state index in [2.05, 4.69) is 15.0 Å². The van der Waals surface area contributed by atoms with E-state index < -0.39 is 0 Å². The molecule has 0 aliphatic carbocycles. The second-order valence-electron chi connectivity index (χ2n) is 5.08. The largest absolute Gasteiger partial charge is 0.269 e. The van der Waals surface area contributed by atoms with E-state index in [0.29, 0.717) is 11.4 Å². The molecule has 4 aromatic rings. The molecule has 0 bridgehead atoms. The van der Waals surface area contributed by atoms with Crippen molar-refractivity contribution in [3.8, 4) is 0 Å². The topological polar surface area (TPSA) is 60.2 Å². The van der Waals surface area contributed by atoms with E-state index in [1.807, 2.05) is 30.5 Å². The first-order valence-electron chi connectivity index (χ1n) is 7.01. The van der Waals surface area contributed by atoms with Crippen LogP contribution >= 0.6 is 23.1 Å². The predicted octanol–water partition coefficient (Wildman–Crippen LogP) is 3.30. The summed E-state index contributed by atoms with van der Waals surface area (Å²) < 4.78 is 1.57. The van der Waals surface area contributed by atoms with Crippen LogP contribution in [0, 0.1) is 6.92 Å². The molecule has 0 amide bonds. The van der Waals surface area contributed by atoms with Gasteiger partial charge in [-0.25, -0.2) is 15.0 Å². The minimum atomic E-state index is -0.0577. The summed E-state index contributed by atoms with van der Waals surface area (Å²) in [6, 6.07) is 7.42. The van der Waals surface area contributed by atoms with Gasteiger partial charge < -0.3 is 0 Å². The minimum Gasteiger partial charge on any atom is -0.269 e. The smallest absolute Gasteiger partial charge is 0.258 e. The van der Waals surface area contributed by atoms with Crippen molar-refractivity contribution in [1.29, 1.82) is 0 Å². The van der Waals surface area contributed by atoms with Crippen LogP contribution < -0.4 is 5.56 Å². The van der Waals surface area contributed by atoms with Crippen molar-refractivity contribution in [2.75, 3.05) is 0 Å². The van der Waals surface area contributed by atoms with Crippen molar-refractivity contribution in [3.05, 3.63) is 63.8 Å². The van der Waals surface area contributed by atoms with Crippen molar-refractivity contribution in [2.45, 2.75) is 17.7 Å². The SMILES string of the molecule is Cc1cccn2c(=O)cc(CSc3ncnc4sccc34)nc12. The highest BCUT2D eigenvalue weighted by Gasteiger charge is 2.08. The summed E-state index contributed by atoms with van der Waals surface area (Å²) in [7, 11) is 0. The van der Waals surface area contributed by atoms with Crippen LogP contribution in [0.5, 0.6) is 0 Å². The maximum atomic E-state index is 12.2. The average Bonchev–Trinajstić information content (AvgIpc) is 3.03. The van der Waals surface area contributed by atoms with Gasteiger partial charge >= 0.3 is 0 Å². The third-order valence-electron chi connectivity index (χ3n) is 3.52. The number of fused-ring (bicyclic) bond motifs is 2. The van der Waals surface area contributed by atoms with Gasteiger partial charge in [0, 0.05) is 23.4 Å². The predicted molar refractivity (Wildman–Crippen MR) is 93.2 cm³/mol. The second kappa shape index (κ2) is 5.75. The molecule has 0 aliphatic heterocycles. The van der Waals surface area contributed by atoms with Gasteiger partial charge in [-0.15, -0.1) is 11.3 Å². The van der Waals surface area contributed by atoms with Crippen molar-refractivity contribution in [2.24, 2.45) is 0 Å². The third-order valence-corrected chi connectivity index (χ3v) is 5.38. The van der Waals surface area contributed by atoms with Crippen molar-refractivity contribution >= 4 is 39.0 Å². The van der Waals surface area contributed by atoms with Crippen LogP contribution in [0.4, 0.5) is 0 Å². The molecule has 4 aromatic heterocycles. The molecule has 0 saturated carbocycles. The molecule has 0 fully saturated rings. The summed E-state index contributed by atoms with van der Waals surface area (Å²) in [5.74, 6) is 0.599. The fourth-order valence-electron chi connectivity index (χ4n) is 2.41. The van der Waals surface area contributed by atoms with E-state index in [4.69, 9.17) is 0 Å². The van der Waals surface area contributed by atoms with Crippen LogP contribution in [-0.2, 0) is 5.75 Å². The Morgan fingerprint density at radius 1 is 1.30 bits per heavy atom. The zero-order valence-corrected chi connectivity index (χ0v) is 13.9. The highest BCUT2D eigenvalue weighted by molar-refractivity contribution is 7.98. The third kappa shape index (κ3) is 2.62. The molecule has 0 radical (unpaired) electrons. The molecule has 0 N–H and O–H groups in total. The van der Waals surface area contributed by atoms with Gasteiger partial charge in [0.15, 0.2) is 0 Å². The Bertz CT molecular complexity index is 1070. The number of rotatable bonds is 3. The molecule has 0 unspecified atom stereocenters. The number of thioether (sulfide) groups is 1. The summed E-state index contributed by atoms with van der Waals surface area (Å²) in [6.45, 7) is 1.96. The number of hydrogen-bond acceptors (Lipinski definition) is 6. The summed E-state index contributed by atoms with van der Waals surface area (Å²) in [6.07, 6.45) is 3.32. The first-order chi connectivity index (χ1) is 11.2. The van der Waals surface area contributed by atoms with E-state index in [1.165, 1.54) is 0 Å². The first kappa shape index (κ1) is 14.3. The Labute approximate surface area is 140 Å². The molecule has 0 saturated heterocycles. The van der Waals surface area contributed by atoms with Gasteiger partial charge in [-0.1, -0.05) is 17.8 Å². The van der Waals surface area contributed by atoms with E-state index >= 15 is 0 Å². The van der Waals surface area contributed by atoms with Crippen LogP contribution in [0.15, 0.2) is 52.0 Å².